The number of aromatic amines is 1. The molecule has 96 valence electrons. The maximum Gasteiger partial charge on any atom is 0.431 e. The second kappa shape index (κ2) is 6.44. The van der Waals surface area contributed by atoms with E-state index >= 15 is 0 Å². The van der Waals surface area contributed by atoms with Gasteiger partial charge < -0.3 is 10.3 Å². The molecule has 0 saturated carbocycles. The van der Waals surface area contributed by atoms with E-state index in [0.29, 0.717) is 0 Å². The predicted molar refractivity (Wildman–Crippen MR) is 58.8 cm³/mol. The lowest BCUT2D eigenvalue weighted by Gasteiger charge is -2.08. The Morgan fingerprint density at radius 1 is 1.06 bits per heavy atom. The van der Waals surface area contributed by atoms with Gasteiger partial charge in [-0.2, -0.15) is 13.2 Å². The highest BCUT2D eigenvalue weighted by Gasteiger charge is 2.31. The number of hydrogen-bond donors (Lipinski definition) is 2. The van der Waals surface area contributed by atoms with Crippen LogP contribution in [0, 0.1) is 0 Å². The van der Waals surface area contributed by atoms with Gasteiger partial charge in [0.15, 0.2) is 0 Å². The molecule has 2 heterocycles. The third kappa shape index (κ3) is 5.53. The van der Waals surface area contributed by atoms with Gasteiger partial charge in [-0.1, -0.05) is 12.5 Å². The third-order valence-corrected chi connectivity index (χ3v) is 2.28. The summed E-state index contributed by atoms with van der Waals surface area (Å²) in [5.74, 6) is 0. The van der Waals surface area contributed by atoms with E-state index in [4.69, 9.17) is 0 Å². The van der Waals surface area contributed by atoms with Crippen LogP contribution in [-0.2, 0) is 6.18 Å². The van der Waals surface area contributed by atoms with Crippen molar-refractivity contribution in [3.63, 3.8) is 0 Å². The number of nitrogens with one attached hydrogen (secondary N) is 2. The minimum Gasteiger partial charge on any atom is -0.318 e. The van der Waals surface area contributed by atoms with Gasteiger partial charge in [0.1, 0.15) is 5.69 Å². The van der Waals surface area contributed by atoms with Gasteiger partial charge in [0.2, 0.25) is 5.56 Å². The average Bonchev–Trinajstić information content (AvgIpc) is 2.31. The molecule has 17 heavy (non-hydrogen) atoms. The smallest absolute Gasteiger partial charge is 0.318 e. The van der Waals surface area contributed by atoms with E-state index < -0.39 is 17.4 Å². The van der Waals surface area contributed by atoms with Crippen molar-refractivity contribution in [2.24, 2.45) is 0 Å². The lowest BCUT2D eigenvalue weighted by molar-refractivity contribution is -0.141. The van der Waals surface area contributed by atoms with Crippen LogP contribution in [0.4, 0.5) is 13.2 Å². The zero-order valence-electron chi connectivity index (χ0n) is 9.31. The first kappa shape index (κ1) is 13.8. The third-order valence-electron chi connectivity index (χ3n) is 2.28. The first-order valence-corrected chi connectivity index (χ1v) is 5.47. The molecule has 0 aliphatic carbocycles. The van der Waals surface area contributed by atoms with Crippen LogP contribution in [0.15, 0.2) is 23.0 Å². The summed E-state index contributed by atoms with van der Waals surface area (Å²) in [5.41, 5.74) is -1.77. The fourth-order valence-electron chi connectivity index (χ4n) is 1.41. The van der Waals surface area contributed by atoms with Crippen LogP contribution < -0.4 is 10.9 Å². The highest BCUT2D eigenvalue weighted by atomic mass is 19.4. The fourth-order valence-corrected chi connectivity index (χ4v) is 1.41. The Kier molecular flexibility index (Phi) is 5.21. The van der Waals surface area contributed by atoms with Crippen LogP contribution in [0.1, 0.15) is 25.0 Å². The molecule has 0 radical (unpaired) electrons. The van der Waals surface area contributed by atoms with E-state index in [1.165, 1.54) is 32.4 Å². The van der Waals surface area contributed by atoms with Crippen molar-refractivity contribution >= 4 is 0 Å². The molecule has 1 saturated heterocycles. The van der Waals surface area contributed by atoms with E-state index in [1.54, 1.807) is 4.98 Å². The maximum absolute atomic E-state index is 11.8. The summed E-state index contributed by atoms with van der Waals surface area (Å²) in [7, 11) is 0. The molecule has 2 rings (SSSR count). The van der Waals surface area contributed by atoms with Crippen molar-refractivity contribution in [2.45, 2.75) is 25.4 Å². The number of alkyl halides is 3. The number of hydrogen-bond acceptors (Lipinski definition) is 2. The monoisotopic (exact) mass is 248 g/mol. The van der Waals surface area contributed by atoms with Crippen LogP contribution in [0.25, 0.3) is 0 Å². The molecule has 0 amide bonds. The largest absolute Gasteiger partial charge is 0.431 e. The van der Waals surface area contributed by atoms with E-state index in [-0.39, 0.29) is 0 Å². The molecule has 3 nitrogen and oxygen atoms in total. The number of rotatable bonds is 0. The summed E-state index contributed by atoms with van der Waals surface area (Å²) in [4.78, 5) is 12.0. The van der Waals surface area contributed by atoms with Crippen molar-refractivity contribution < 1.29 is 13.2 Å². The summed E-state index contributed by atoms with van der Waals surface area (Å²) >= 11 is 0. The van der Waals surface area contributed by atoms with Crippen LogP contribution in [-0.4, -0.2) is 18.1 Å². The molecule has 0 bridgehead atoms. The van der Waals surface area contributed by atoms with Crippen molar-refractivity contribution in [1.82, 2.24) is 10.3 Å². The van der Waals surface area contributed by atoms with Gasteiger partial charge in [-0.25, -0.2) is 0 Å². The molecule has 1 aromatic heterocycles. The highest BCUT2D eigenvalue weighted by molar-refractivity contribution is 5.06. The Labute approximate surface area is 97.0 Å². The Morgan fingerprint density at radius 3 is 2.00 bits per heavy atom. The minimum atomic E-state index is -4.47. The van der Waals surface area contributed by atoms with E-state index in [0.717, 1.165) is 18.2 Å². The van der Waals surface area contributed by atoms with Gasteiger partial charge in [-0.05, 0) is 32.0 Å². The molecule has 1 fully saturated rings. The quantitative estimate of drug-likeness (QED) is 0.739. The summed E-state index contributed by atoms with van der Waals surface area (Å²) < 4.78 is 35.4. The standard InChI is InChI=1S/C6H4F3NO.C5H11N/c7-6(8,9)4-2-1-3-5(11)10-4;1-2-4-6-5-3-1/h1-3H,(H,10,11);6H,1-5H2. The molecule has 0 atom stereocenters. The van der Waals surface area contributed by atoms with Crippen LogP contribution in [0.2, 0.25) is 0 Å². The molecule has 0 unspecified atom stereocenters. The Balaban J connectivity index is 0.000000202. The normalized spacial score (nSPS) is 15.9. The van der Waals surface area contributed by atoms with Gasteiger partial charge in [-0.15, -0.1) is 0 Å². The zero-order chi connectivity index (χ0) is 12.7. The van der Waals surface area contributed by atoms with Crippen LogP contribution >= 0.6 is 0 Å². The second-order valence-electron chi connectivity index (χ2n) is 3.74. The number of halogens is 3. The summed E-state index contributed by atoms with van der Waals surface area (Å²) in [5, 5.41) is 3.28. The summed E-state index contributed by atoms with van der Waals surface area (Å²) in [6.45, 7) is 2.50. The van der Waals surface area contributed by atoms with E-state index in [9.17, 15) is 18.0 Å². The second-order valence-corrected chi connectivity index (χ2v) is 3.74. The zero-order valence-corrected chi connectivity index (χ0v) is 9.31. The highest BCUT2D eigenvalue weighted by Crippen LogP contribution is 2.25. The first-order chi connectivity index (χ1) is 8.00. The van der Waals surface area contributed by atoms with E-state index in [1.807, 2.05) is 0 Å². The number of H-pyrrole nitrogens is 1. The lowest BCUT2D eigenvalue weighted by atomic mass is 10.2. The molecule has 1 aliphatic heterocycles. The van der Waals surface area contributed by atoms with Gasteiger partial charge in [-0.3, -0.25) is 4.79 Å². The molecular formula is C11H15F3N2O. The maximum atomic E-state index is 11.8. The Hall–Kier alpha value is -1.30. The van der Waals surface area contributed by atoms with Crippen molar-refractivity contribution in [2.75, 3.05) is 13.1 Å². The molecule has 2 N–H and O–H groups in total. The minimum absolute atomic E-state index is 0.750. The Morgan fingerprint density at radius 2 is 1.71 bits per heavy atom. The van der Waals surface area contributed by atoms with Crippen molar-refractivity contribution in [3.8, 4) is 0 Å². The van der Waals surface area contributed by atoms with Crippen LogP contribution in [0.3, 0.4) is 0 Å². The fraction of sp³-hybridized carbons (Fsp3) is 0.545. The summed E-state index contributed by atoms with van der Waals surface area (Å²) in [6, 6.07) is 2.89. The molecule has 0 spiro atoms. The predicted octanol–water partition coefficient (Wildman–Crippen LogP) is 2.15. The SMILES string of the molecule is C1CCNCC1.O=c1cccc(C(F)(F)F)[nH]1. The molecule has 6 heteroatoms. The molecule has 1 aliphatic rings. The van der Waals surface area contributed by atoms with E-state index in [2.05, 4.69) is 5.32 Å². The molecule has 1 aromatic rings. The number of piperidine rings is 1. The number of aromatic nitrogens is 1. The average molecular weight is 248 g/mol. The van der Waals surface area contributed by atoms with Crippen molar-refractivity contribution in [3.05, 3.63) is 34.2 Å². The van der Waals surface area contributed by atoms with Gasteiger partial charge in [0.25, 0.3) is 0 Å². The van der Waals surface area contributed by atoms with Gasteiger partial charge in [0, 0.05) is 6.07 Å². The summed E-state index contributed by atoms with van der Waals surface area (Å²) in [6.07, 6.45) is -0.257. The number of pyridine rings is 1. The first-order valence-electron chi connectivity index (χ1n) is 5.47. The van der Waals surface area contributed by atoms with Gasteiger partial charge in [0.05, 0.1) is 0 Å². The van der Waals surface area contributed by atoms with Crippen molar-refractivity contribution in [1.29, 1.82) is 0 Å². The van der Waals surface area contributed by atoms with Crippen LogP contribution in [0.5, 0.6) is 0 Å². The topological polar surface area (TPSA) is 44.9 Å². The van der Waals surface area contributed by atoms with Gasteiger partial charge >= 0.3 is 6.18 Å². The Bertz CT molecular complexity index is 371. The molecule has 0 aromatic carbocycles. The lowest BCUT2D eigenvalue weighted by Crippen LogP contribution is -2.21. The molecular weight excluding hydrogens is 233 g/mol.